The van der Waals surface area contributed by atoms with E-state index in [9.17, 15) is 4.79 Å². The van der Waals surface area contributed by atoms with Gasteiger partial charge in [0.05, 0.1) is 0 Å². The molecule has 3 rings (SSSR count). The third kappa shape index (κ3) is 6.04. The van der Waals surface area contributed by atoms with E-state index in [2.05, 4.69) is 25.1 Å². The molecule has 0 bridgehead atoms. The molecule has 0 unspecified atom stereocenters. The van der Waals surface area contributed by atoms with Gasteiger partial charge in [-0.2, -0.15) is 0 Å². The second-order valence-electron chi connectivity index (χ2n) is 6.86. The highest BCUT2D eigenvalue weighted by atomic mass is 35.5. The summed E-state index contributed by atoms with van der Waals surface area (Å²) in [5.41, 5.74) is 1.95. The van der Waals surface area contributed by atoms with Crippen LogP contribution in [0.1, 0.15) is 17.5 Å². The number of nitrogens with zero attached hydrogens (tertiary/aromatic N) is 4. The van der Waals surface area contributed by atoms with Crippen LogP contribution in [0, 0.1) is 6.92 Å². The minimum absolute atomic E-state index is 0.0808. The summed E-state index contributed by atoms with van der Waals surface area (Å²) in [6, 6.07) is 7.59. The lowest BCUT2D eigenvalue weighted by Crippen LogP contribution is -2.47. The molecule has 148 valence electrons. The number of hydrogen-bond donors (Lipinski definition) is 1. The zero-order valence-corrected chi connectivity index (χ0v) is 16.9. The first-order chi connectivity index (χ1) is 13.6. The van der Waals surface area contributed by atoms with Crippen LogP contribution in [0.4, 0.5) is 5.95 Å². The molecule has 1 aromatic carbocycles. The van der Waals surface area contributed by atoms with Gasteiger partial charge in [0.25, 0.3) is 0 Å². The molecule has 0 atom stereocenters. The number of carbonyl (C=O) groups is 1. The molecule has 28 heavy (non-hydrogen) atoms. The van der Waals surface area contributed by atoms with Crippen LogP contribution in [0.3, 0.4) is 0 Å². The smallest absolute Gasteiger partial charge is 0.243 e. The quantitative estimate of drug-likeness (QED) is 0.573. The molecule has 0 spiro atoms. The topological polar surface area (TPSA) is 61.4 Å². The van der Waals surface area contributed by atoms with Crippen LogP contribution in [-0.4, -0.2) is 60.0 Å². The third-order valence-corrected chi connectivity index (χ3v) is 5.19. The Balaban J connectivity index is 1.32. The van der Waals surface area contributed by atoms with Gasteiger partial charge in [-0.25, -0.2) is 9.97 Å². The van der Waals surface area contributed by atoms with Crippen LogP contribution in [-0.2, 0) is 4.79 Å². The third-order valence-electron chi connectivity index (χ3n) is 4.78. The van der Waals surface area contributed by atoms with Crippen molar-refractivity contribution in [2.24, 2.45) is 0 Å². The molecule has 1 amide bonds. The Morgan fingerprint density at radius 2 is 1.96 bits per heavy atom. The molecular weight excluding hydrogens is 374 g/mol. The average Bonchev–Trinajstić information content (AvgIpc) is 2.73. The zero-order chi connectivity index (χ0) is 19.8. The van der Waals surface area contributed by atoms with E-state index in [4.69, 9.17) is 11.6 Å². The summed E-state index contributed by atoms with van der Waals surface area (Å²) in [6.45, 7) is 7.43. The van der Waals surface area contributed by atoms with E-state index >= 15 is 0 Å². The summed E-state index contributed by atoms with van der Waals surface area (Å²) in [4.78, 5) is 25.2. The van der Waals surface area contributed by atoms with E-state index in [0.717, 1.165) is 56.2 Å². The minimum Gasteiger partial charge on any atom is -0.353 e. The largest absolute Gasteiger partial charge is 0.353 e. The van der Waals surface area contributed by atoms with Gasteiger partial charge in [-0.15, -0.1) is 0 Å². The molecule has 1 fully saturated rings. The number of aromatic nitrogens is 2. The molecule has 1 N–H and O–H groups in total. The van der Waals surface area contributed by atoms with Gasteiger partial charge in [-0.3, -0.25) is 9.69 Å². The van der Waals surface area contributed by atoms with E-state index in [0.29, 0.717) is 11.6 Å². The van der Waals surface area contributed by atoms with E-state index in [-0.39, 0.29) is 5.91 Å². The van der Waals surface area contributed by atoms with Gasteiger partial charge in [0.1, 0.15) is 0 Å². The van der Waals surface area contributed by atoms with Gasteiger partial charge >= 0.3 is 0 Å². The number of piperazine rings is 1. The van der Waals surface area contributed by atoms with Gasteiger partial charge in [0.15, 0.2) is 0 Å². The van der Waals surface area contributed by atoms with Gasteiger partial charge < -0.3 is 10.2 Å². The maximum Gasteiger partial charge on any atom is 0.243 e. The monoisotopic (exact) mass is 399 g/mol. The highest BCUT2D eigenvalue weighted by Crippen LogP contribution is 2.17. The highest BCUT2D eigenvalue weighted by molar-refractivity contribution is 6.31. The van der Waals surface area contributed by atoms with Crippen LogP contribution in [0.5, 0.6) is 0 Å². The number of amides is 1. The van der Waals surface area contributed by atoms with Crippen LogP contribution in [0.2, 0.25) is 5.02 Å². The summed E-state index contributed by atoms with van der Waals surface area (Å²) in [6.07, 6.45) is 7.82. The van der Waals surface area contributed by atoms with Crippen molar-refractivity contribution in [3.63, 3.8) is 0 Å². The van der Waals surface area contributed by atoms with E-state index in [1.807, 2.05) is 31.2 Å². The van der Waals surface area contributed by atoms with Crippen LogP contribution >= 0.6 is 11.6 Å². The second-order valence-corrected chi connectivity index (χ2v) is 7.27. The molecule has 0 saturated carbocycles. The maximum absolute atomic E-state index is 12.0. The molecule has 1 aliphatic rings. The summed E-state index contributed by atoms with van der Waals surface area (Å²) in [5.74, 6) is 0.721. The fraction of sp³-hybridized carbons (Fsp3) is 0.381. The van der Waals surface area contributed by atoms with Crippen molar-refractivity contribution in [2.75, 3.05) is 44.2 Å². The van der Waals surface area contributed by atoms with Gasteiger partial charge in [0.2, 0.25) is 11.9 Å². The molecule has 1 saturated heterocycles. The lowest BCUT2D eigenvalue weighted by molar-refractivity contribution is -0.116. The Kier molecular flexibility index (Phi) is 7.39. The first-order valence-electron chi connectivity index (χ1n) is 9.58. The van der Waals surface area contributed by atoms with Crippen molar-refractivity contribution in [2.45, 2.75) is 13.3 Å². The lowest BCUT2D eigenvalue weighted by atomic mass is 10.1. The van der Waals surface area contributed by atoms with Crippen LogP contribution < -0.4 is 10.2 Å². The predicted molar refractivity (Wildman–Crippen MR) is 114 cm³/mol. The fourth-order valence-electron chi connectivity index (χ4n) is 3.08. The van der Waals surface area contributed by atoms with Crippen molar-refractivity contribution < 1.29 is 4.79 Å². The molecule has 1 aromatic heterocycles. The molecule has 7 heteroatoms. The van der Waals surface area contributed by atoms with E-state index in [1.54, 1.807) is 24.5 Å². The highest BCUT2D eigenvalue weighted by Gasteiger charge is 2.18. The van der Waals surface area contributed by atoms with Crippen molar-refractivity contribution in [3.05, 3.63) is 58.9 Å². The predicted octanol–water partition coefficient (Wildman–Crippen LogP) is 2.78. The Morgan fingerprint density at radius 1 is 1.21 bits per heavy atom. The summed E-state index contributed by atoms with van der Waals surface area (Å²) < 4.78 is 0. The Bertz CT molecular complexity index is 804. The first kappa shape index (κ1) is 20.3. The van der Waals surface area contributed by atoms with E-state index in [1.165, 1.54) is 0 Å². The fourth-order valence-corrected chi connectivity index (χ4v) is 3.27. The molecule has 0 radical (unpaired) electrons. The van der Waals surface area contributed by atoms with Crippen molar-refractivity contribution in [1.29, 1.82) is 0 Å². The summed E-state index contributed by atoms with van der Waals surface area (Å²) in [5, 5.41) is 3.65. The first-order valence-corrected chi connectivity index (χ1v) is 9.96. The number of anilines is 1. The number of benzene rings is 1. The lowest BCUT2D eigenvalue weighted by Gasteiger charge is -2.34. The van der Waals surface area contributed by atoms with Gasteiger partial charge in [-0.1, -0.05) is 23.7 Å². The Hall–Kier alpha value is -2.44. The molecule has 1 aliphatic heterocycles. The van der Waals surface area contributed by atoms with Gasteiger partial charge in [-0.05, 0) is 49.2 Å². The van der Waals surface area contributed by atoms with Gasteiger partial charge in [0, 0.05) is 56.2 Å². The molecule has 6 nitrogen and oxygen atoms in total. The second kappa shape index (κ2) is 10.2. The number of hydrogen-bond acceptors (Lipinski definition) is 5. The normalized spacial score (nSPS) is 15.1. The standard InChI is InChI=1S/C21H26ClN5O/c1-17-4-5-18(16-19(17)22)6-7-20(28)23-10-3-11-26-12-14-27(15-13-26)21-24-8-2-9-25-21/h2,4-9,16H,3,10-15H2,1H3,(H,23,28)/b7-6+. The van der Waals surface area contributed by atoms with Crippen molar-refractivity contribution in [3.8, 4) is 0 Å². The summed E-state index contributed by atoms with van der Waals surface area (Å²) in [7, 11) is 0. The number of carbonyl (C=O) groups excluding carboxylic acids is 1. The molecular formula is C21H26ClN5O. The van der Waals surface area contributed by atoms with Crippen molar-refractivity contribution in [1.82, 2.24) is 20.2 Å². The number of aryl methyl sites for hydroxylation is 1. The number of nitrogens with one attached hydrogen (secondary N) is 1. The summed E-state index contributed by atoms with van der Waals surface area (Å²) >= 11 is 6.10. The van der Waals surface area contributed by atoms with Crippen molar-refractivity contribution >= 4 is 29.5 Å². The van der Waals surface area contributed by atoms with E-state index < -0.39 is 0 Å². The Morgan fingerprint density at radius 3 is 2.68 bits per heavy atom. The molecule has 0 aliphatic carbocycles. The average molecular weight is 400 g/mol. The zero-order valence-electron chi connectivity index (χ0n) is 16.1. The molecule has 2 heterocycles. The molecule has 2 aromatic rings. The SMILES string of the molecule is Cc1ccc(/C=C/C(=O)NCCCN2CCN(c3ncccn3)CC2)cc1Cl. The number of halogens is 1. The van der Waals surface area contributed by atoms with Crippen LogP contribution in [0.25, 0.3) is 6.08 Å². The Labute approximate surface area is 171 Å². The van der Waals surface area contributed by atoms with Crippen LogP contribution in [0.15, 0.2) is 42.7 Å². The number of rotatable bonds is 7. The maximum atomic E-state index is 12.0. The minimum atomic E-state index is -0.0808.